The molecule has 1 spiro atoms. The molecule has 0 saturated carbocycles. The number of hydrogen-bond acceptors (Lipinski definition) is 4. The van der Waals surface area contributed by atoms with Crippen LogP contribution in [0.2, 0.25) is 0 Å². The first kappa shape index (κ1) is 18.3. The van der Waals surface area contributed by atoms with Crippen molar-refractivity contribution in [2.24, 2.45) is 10.4 Å². The van der Waals surface area contributed by atoms with Crippen LogP contribution in [0.15, 0.2) is 29.4 Å². The Hall–Kier alpha value is -2.76. The lowest BCUT2D eigenvalue weighted by molar-refractivity contribution is 0.0517. The Balaban J connectivity index is 1.31. The second-order valence-corrected chi connectivity index (χ2v) is 9.01. The van der Waals surface area contributed by atoms with Crippen molar-refractivity contribution in [2.45, 2.75) is 52.1 Å². The molecule has 6 nitrogen and oxygen atoms in total. The van der Waals surface area contributed by atoms with Crippen molar-refractivity contribution >= 4 is 17.9 Å². The average molecular weight is 390 g/mol. The lowest BCUT2D eigenvalue weighted by Gasteiger charge is -2.43. The number of hydrogen-bond donors (Lipinski definition) is 0. The standard InChI is InChI=1S/C23H26N4O2/c1-15(2)27-21-19(14-25-27)10-23(11-20(21)28)5-7-26(8-6-23)22(29)16-3-4-17-12-24-13-18(17)9-16/h3-4,9,13-15H,5-8,10-12H2,1-2H3. The third-order valence-corrected chi connectivity index (χ3v) is 6.72. The lowest BCUT2D eigenvalue weighted by Crippen LogP contribution is -2.46. The maximum absolute atomic E-state index is 13.0. The molecule has 1 amide bonds. The number of likely N-dealkylation sites (tertiary alicyclic amines) is 1. The van der Waals surface area contributed by atoms with Gasteiger partial charge in [-0.05, 0) is 61.8 Å². The van der Waals surface area contributed by atoms with Gasteiger partial charge in [0.1, 0.15) is 5.69 Å². The highest BCUT2D eigenvalue weighted by molar-refractivity contribution is 5.98. The summed E-state index contributed by atoms with van der Waals surface area (Å²) < 4.78 is 1.86. The maximum atomic E-state index is 13.0. The number of aromatic nitrogens is 2. The van der Waals surface area contributed by atoms with E-state index in [1.807, 2.05) is 40.2 Å². The summed E-state index contributed by atoms with van der Waals surface area (Å²) in [6.45, 7) is 6.22. The fourth-order valence-electron chi connectivity index (χ4n) is 5.07. The third kappa shape index (κ3) is 3.02. The molecule has 5 rings (SSSR count). The summed E-state index contributed by atoms with van der Waals surface area (Å²) in [5.41, 5.74) is 4.80. The van der Waals surface area contributed by atoms with Gasteiger partial charge in [0.25, 0.3) is 5.91 Å². The number of Topliss-reactive ketones (excluding diaryl/α,β-unsaturated/α-hetero) is 1. The summed E-state index contributed by atoms with van der Waals surface area (Å²) in [6, 6.07) is 6.06. The lowest BCUT2D eigenvalue weighted by atomic mass is 9.67. The van der Waals surface area contributed by atoms with E-state index in [4.69, 9.17) is 0 Å². The van der Waals surface area contributed by atoms with Crippen molar-refractivity contribution in [3.8, 4) is 0 Å². The van der Waals surface area contributed by atoms with Crippen LogP contribution in [0, 0.1) is 5.41 Å². The van der Waals surface area contributed by atoms with E-state index < -0.39 is 0 Å². The molecule has 0 unspecified atom stereocenters. The Bertz CT molecular complexity index is 1030. The van der Waals surface area contributed by atoms with Gasteiger partial charge in [-0.25, -0.2) is 0 Å². The molecule has 0 atom stereocenters. The number of rotatable bonds is 2. The molecule has 3 aliphatic rings. The summed E-state index contributed by atoms with van der Waals surface area (Å²) in [5, 5.41) is 4.46. The highest BCUT2D eigenvalue weighted by atomic mass is 16.2. The zero-order chi connectivity index (χ0) is 20.2. The molecular formula is C23H26N4O2. The minimum absolute atomic E-state index is 0.0314. The van der Waals surface area contributed by atoms with Crippen LogP contribution in [0.4, 0.5) is 0 Å². The molecule has 1 aromatic heterocycles. The molecule has 150 valence electrons. The second kappa shape index (κ2) is 6.65. The summed E-state index contributed by atoms with van der Waals surface area (Å²) >= 11 is 0. The number of amides is 1. The molecule has 0 radical (unpaired) electrons. The fraction of sp³-hybridized carbons (Fsp3) is 0.478. The van der Waals surface area contributed by atoms with Gasteiger partial charge in [0.2, 0.25) is 0 Å². The molecule has 1 saturated heterocycles. The Morgan fingerprint density at radius 1 is 1.14 bits per heavy atom. The van der Waals surface area contributed by atoms with Gasteiger partial charge in [-0.1, -0.05) is 6.07 Å². The Morgan fingerprint density at radius 2 is 1.93 bits per heavy atom. The first-order valence-corrected chi connectivity index (χ1v) is 10.5. The molecule has 1 fully saturated rings. The number of ketones is 1. The smallest absolute Gasteiger partial charge is 0.253 e. The van der Waals surface area contributed by atoms with E-state index in [0.29, 0.717) is 26.1 Å². The summed E-state index contributed by atoms with van der Waals surface area (Å²) in [6.07, 6.45) is 6.90. The zero-order valence-electron chi connectivity index (χ0n) is 17.0. The Kier molecular flexibility index (Phi) is 4.19. The summed E-state index contributed by atoms with van der Waals surface area (Å²) in [4.78, 5) is 32.2. The first-order valence-electron chi connectivity index (χ1n) is 10.5. The van der Waals surface area contributed by atoms with E-state index in [9.17, 15) is 9.59 Å². The maximum Gasteiger partial charge on any atom is 0.253 e. The van der Waals surface area contributed by atoms with Gasteiger partial charge in [-0.15, -0.1) is 0 Å². The molecule has 29 heavy (non-hydrogen) atoms. The van der Waals surface area contributed by atoms with Gasteiger partial charge in [0, 0.05) is 42.9 Å². The predicted octanol–water partition coefficient (Wildman–Crippen LogP) is 3.45. The van der Waals surface area contributed by atoms with Crippen molar-refractivity contribution in [3.05, 3.63) is 52.3 Å². The SMILES string of the molecule is CC(C)n1ncc2c1C(=O)CC1(CCN(C(=O)c3ccc4c(c3)C=NC4)CC1)C2. The largest absolute Gasteiger partial charge is 0.339 e. The van der Waals surface area contributed by atoms with Crippen LogP contribution in [-0.4, -0.2) is 45.7 Å². The van der Waals surface area contributed by atoms with Crippen molar-refractivity contribution in [1.29, 1.82) is 0 Å². The van der Waals surface area contributed by atoms with Crippen LogP contribution in [0.3, 0.4) is 0 Å². The third-order valence-electron chi connectivity index (χ3n) is 6.72. The van der Waals surface area contributed by atoms with Crippen LogP contribution < -0.4 is 0 Å². The molecule has 1 aliphatic carbocycles. The number of carbonyl (C=O) groups excluding carboxylic acids is 2. The van der Waals surface area contributed by atoms with E-state index >= 15 is 0 Å². The average Bonchev–Trinajstić information content (AvgIpc) is 3.34. The Morgan fingerprint density at radius 3 is 2.69 bits per heavy atom. The number of benzene rings is 1. The molecular weight excluding hydrogens is 364 g/mol. The van der Waals surface area contributed by atoms with Crippen molar-refractivity contribution in [2.75, 3.05) is 13.1 Å². The molecule has 1 aromatic carbocycles. The van der Waals surface area contributed by atoms with E-state index in [1.165, 1.54) is 5.56 Å². The summed E-state index contributed by atoms with van der Waals surface area (Å²) in [5.74, 6) is 0.286. The Labute approximate surface area is 170 Å². The van der Waals surface area contributed by atoms with Gasteiger partial charge < -0.3 is 4.90 Å². The minimum atomic E-state index is -0.0314. The van der Waals surface area contributed by atoms with Gasteiger partial charge in [0.05, 0.1) is 12.7 Å². The van der Waals surface area contributed by atoms with Gasteiger partial charge in [-0.3, -0.25) is 19.3 Å². The first-order chi connectivity index (χ1) is 14.0. The second-order valence-electron chi connectivity index (χ2n) is 9.01. The van der Waals surface area contributed by atoms with E-state index in [-0.39, 0.29) is 23.1 Å². The van der Waals surface area contributed by atoms with Crippen molar-refractivity contribution in [3.63, 3.8) is 0 Å². The number of fused-ring (bicyclic) bond motifs is 2. The normalized spacial score (nSPS) is 19.7. The molecule has 0 N–H and O–H groups in total. The van der Waals surface area contributed by atoms with E-state index in [2.05, 4.69) is 23.9 Å². The van der Waals surface area contributed by atoms with Crippen LogP contribution >= 0.6 is 0 Å². The van der Waals surface area contributed by atoms with E-state index in [0.717, 1.165) is 41.6 Å². The minimum Gasteiger partial charge on any atom is -0.339 e. The van der Waals surface area contributed by atoms with Crippen LogP contribution in [0.25, 0.3) is 0 Å². The molecule has 6 heteroatoms. The van der Waals surface area contributed by atoms with Gasteiger partial charge in [-0.2, -0.15) is 5.10 Å². The van der Waals surface area contributed by atoms with E-state index in [1.54, 1.807) is 0 Å². The monoisotopic (exact) mass is 390 g/mol. The molecule has 0 bridgehead atoms. The highest BCUT2D eigenvalue weighted by Crippen LogP contribution is 2.44. The van der Waals surface area contributed by atoms with Crippen LogP contribution in [0.1, 0.15) is 76.7 Å². The van der Waals surface area contributed by atoms with Crippen LogP contribution in [0.5, 0.6) is 0 Å². The van der Waals surface area contributed by atoms with Crippen molar-refractivity contribution < 1.29 is 9.59 Å². The molecule has 2 aliphatic heterocycles. The molecule has 2 aromatic rings. The van der Waals surface area contributed by atoms with Gasteiger partial charge >= 0.3 is 0 Å². The number of nitrogens with zero attached hydrogens (tertiary/aromatic N) is 4. The zero-order valence-corrected chi connectivity index (χ0v) is 17.0. The quantitative estimate of drug-likeness (QED) is 0.789. The number of piperidine rings is 1. The van der Waals surface area contributed by atoms with Crippen molar-refractivity contribution in [1.82, 2.24) is 14.7 Å². The highest BCUT2D eigenvalue weighted by Gasteiger charge is 2.43. The number of carbonyl (C=O) groups is 2. The molecule has 3 heterocycles. The topological polar surface area (TPSA) is 67.6 Å². The predicted molar refractivity (Wildman–Crippen MR) is 111 cm³/mol. The number of aliphatic imine (C=N–C) groups is 1. The van der Waals surface area contributed by atoms with Crippen LogP contribution in [-0.2, 0) is 13.0 Å². The summed E-state index contributed by atoms with van der Waals surface area (Å²) in [7, 11) is 0. The fourth-order valence-corrected chi connectivity index (χ4v) is 5.07. The van der Waals surface area contributed by atoms with Gasteiger partial charge in [0.15, 0.2) is 5.78 Å².